The lowest BCUT2D eigenvalue weighted by Gasteiger charge is -2.25. The molecule has 0 fully saturated rings. The summed E-state index contributed by atoms with van der Waals surface area (Å²) < 4.78 is 40.0. The largest absolute Gasteiger partial charge is 0.475 e. The van der Waals surface area contributed by atoms with Crippen LogP contribution in [0.15, 0.2) is 106 Å². The first-order valence-electron chi connectivity index (χ1n) is 11.7. The number of fused-ring (bicyclic) bond motifs is 1. The van der Waals surface area contributed by atoms with Crippen molar-refractivity contribution in [2.75, 3.05) is 4.31 Å². The van der Waals surface area contributed by atoms with Crippen LogP contribution in [-0.2, 0) is 16.6 Å². The Labute approximate surface area is 232 Å². The minimum atomic E-state index is -4.37. The number of nitrogens with zero attached hydrogens (tertiary/aromatic N) is 2. The maximum atomic E-state index is 13.9. The van der Waals surface area contributed by atoms with E-state index in [0.29, 0.717) is 22.4 Å². The molecule has 202 valence electrons. The van der Waals surface area contributed by atoms with Gasteiger partial charge in [-0.2, -0.15) is 0 Å². The molecule has 0 radical (unpaired) electrons. The van der Waals surface area contributed by atoms with Gasteiger partial charge in [-0.15, -0.1) is 0 Å². The highest BCUT2D eigenvalue weighted by molar-refractivity contribution is 7.92. The minimum Gasteiger partial charge on any atom is -0.475 e. The Kier molecular flexibility index (Phi) is 7.16. The molecule has 0 saturated carbocycles. The number of para-hydroxylation sites is 1. The van der Waals surface area contributed by atoms with Crippen LogP contribution in [0.5, 0.6) is 11.5 Å². The molecule has 10 nitrogen and oxygen atoms in total. The Morgan fingerprint density at radius 2 is 1.65 bits per heavy atom. The fourth-order valence-corrected chi connectivity index (χ4v) is 5.63. The molecular formula is C28H19ClN2O8S. The number of hydrogen-bond donors (Lipinski definition) is 1. The molecule has 40 heavy (non-hydrogen) atoms. The summed E-state index contributed by atoms with van der Waals surface area (Å²) in [6.45, 7) is -0.153. The van der Waals surface area contributed by atoms with Gasteiger partial charge in [0.05, 0.1) is 22.1 Å². The number of carboxylic acid groups (broad SMARTS) is 1. The molecule has 0 unspecified atom stereocenters. The lowest BCUT2D eigenvalue weighted by atomic mass is 10.2. The molecule has 1 N–H and O–H groups in total. The van der Waals surface area contributed by atoms with E-state index >= 15 is 0 Å². The summed E-state index contributed by atoms with van der Waals surface area (Å²) >= 11 is 5.91. The second-order valence-electron chi connectivity index (χ2n) is 8.58. The molecule has 4 aromatic carbocycles. The topological polar surface area (TPSA) is 140 Å². The number of nitro groups is 1. The normalized spacial score (nSPS) is 11.3. The average Bonchev–Trinajstić information content (AvgIpc) is 3.37. The van der Waals surface area contributed by atoms with Gasteiger partial charge in [0.2, 0.25) is 5.76 Å². The van der Waals surface area contributed by atoms with Crippen LogP contribution in [-0.4, -0.2) is 24.4 Å². The van der Waals surface area contributed by atoms with E-state index in [4.69, 9.17) is 20.8 Å². The third kappa shape index (κ3) is 5.46. The number of aromatic carboxylic acids is 1. The van der Waals surface area contributed by atoms with Crippen molar-refractivity contribution in [1.29, 1.82) is 0 Å². The van der Waals surface area contributed by atoms with E-state index in [9.17, 15) is 28.4 Å². The van der Waals surface area contributed by atoms with Crippen LogP contribution in [0.3, 0.4) is 0 Å². The average molecular weight is 579 g/mol. The first-order valence-corrected chi connectivity index (χ1v) is 13.5. The van der Waals surface area contributed by atoms with Gasteiger partial charge in [0, 0.05) is 11.5 Å². The Morgan fingerprint density at radius 1 is 0.950 bits per heavy atom. The standard InChI is InChI=1S/C28H19ClN2O8S/c29-24-12-11-23(16-25(24)31(34)35)40(36,37)30(20-8-13-26-19(14-20)15-27(39-26)28(32)33)17-18-6-9-22(10-7-18)38-21-4-2-1-3-5-21/h1-16H,17H2,(H,32,33). The molecule has 0 saturated heterocycles. The number of rotatable bonds is 9. The first-order chi connectivity index (χ1) is 19.1. The Bertz CT molecular complexity index is 1840. The maximum Gasteiger partial charge on any atom is 0.371 e. The van der Waals surface area contributed by atoms with Crippen LogP contribution in [0, 0.1) is 10.1 Å². The lowest BCUT2D eigenvalue weighted by molar-refractivity contribution is -0.384. The third-order valence-corrected chi connectivity index (χ3v) is 8.02. The van der Waals surface area contributed by atoms with Gasteiger partial charge in [-0.3, -0.25) is 14.4 Å². The van der Waals surface area contributed by atoms with Gasteiger partial charge in [-0.25, -0.2) is 13.2 Å². The van der Waals surface area contributed by atoms with Gasteiger partial charge in [-0.05, 0) is 66.2 Å². The van der Waals surface area contributed by atoms with Gasteiger partial charge < -0.3 is 14.3 Å². The predicted molar refractivity (Wildman–Crippen MR) is 148 cm³/mol. The van der Waals surface area contributed by atoms with E-state index < -0.39 is 26.6 Å². The van der Waals surface area contributed by atoms with Crippen molar-refractivity contribution >= 4 is 49.9 Å². The molecule has 0 bridgehead atoms. The number of benzene rings is 4. The summed E-state index contributed by atoms with van der Waals surface area (Å²) in [5, 5.41) is 20.9. The molecule has 1 heterocycles. The molecule has 0 aliphatic heterocycles. The molecular weight excluding hydrogens is 560 g/mol. The van der Waals surface area contributed by atoms with Crippen LogP contribution < -0.4 is 9.04 Å². The zero-order valence-electron chi connectivity index (χ0n) is 20.4. The van der Waals surface area contributed by atoms with Crippen molar-refractivity contribution in [3.05, 3.63) is 124 Å². The summed E-state index contributed by atoms with van der Waals surface area (Å²) in [4.78, 5) is 21.7. The van der Waals surface area contributed by atoms with Crippen LogP contribution in [0.1, 0.15) is 16.1 Å². The number of carboxylic acids is 1. The van der Waals surface area contributed by atoms with Crippen LogP contribution in [0.4, 0.5) is 11.4 Å². The minimum absolute atomic E-state index is 0.153. The summed E-state index contributed by atoms with van der Waals surface area (Å²) in [5.41, 5.74) is 0.475. The molecule has 12 heteroatoms. The number of anilines is 1. The van der Waals surface area contributed by atoms with Crippen molar-refractivity contribution in [2.24, 2.45) is 0 Å². The Balaban J connectivity index is 1.55. The molecule has 1 aromatic heterocycles. The number of sulfonamides is 1. The van der Waals surface area contributed by atoms with Gasteiger partial charge in [-0.1, -0.05) is 41.9 Å². The first kappa shape index (κ1) is 26.7. The monoisotopic (exact) mass is 578 g/mol. The SMILES string of the molecule is O=C(O)c1cc2cc(N(Cc3ccc(Oc4ccccc4)cc3)S(=O)(=O)c3ccc(Cl)c([N+](=O)[O-])c3)ccc2o1. The predicted octanol–water partition coefficient (Wildman–Crippen LogP) is 6.88. The molecule has 0 amide bonds. The molecule has 5 rings (SSSR count). The number of furan rings is 1. The summed E-state index contributed by atoms with van der Waals surface area (Å²) in [6, 6.07) is 24.8. The number of carbonyl (C=O) groups is 1. The Hall–Kier alpha value is -4.87. The van der Waals surface area contributed by atoms with E-state index in [0.717, 1.165) is 16.4 Å². The van der Waals surface area contributed by atoms with Crippen molar-refractivity contribution < 1.29 is 32.4 Å². The van der Waals surface area contributed by atoms with Crippen LogP contribution >= 0.6 is 11.6 Å². The molecule has 0 aliphatic carbocycles. The van der Waals surface area contributed by atoms with Crippen molar-refractivity contribution in [2.45, 2.75) is 11.4 Å². The highest BCUT2D eigenvalue weighted by Gasteiger charge is 2.29. The fourth-order valence-electron chi connectivity index (χ4n) is 3.98. The molecule has 0 spiro atoms. The van der Waals surface area contributed by atoms with Crippen molar-refractivity contribution in [3.63, 3.8) is 0 Å². The van der Waals surface area contributed by atoms with E-state index in [1.807, 2.05) is 18.2 Å². The number of halogens is 1. The highest BCUT2D eigenvalue weighted by Crippen LogP contribution is 2.34. The van der Waals surface area contributed by atoms with Gasteiger partial charge in [0.15, 0.2) is 0 Å². The number of hydrogen-bond acceptors (Lipinski definition) is 7. The number of nitro benzene ring substituents is 1. The van der Waals surface area contributed by atoms with Crippen molar-refractivity contribution in [1.82, 2.24) is 0 Å². The second kappa shape index (κ2) is 10.7. The summed E-state index contributed by atoms with van der Waals surface area (Å²) in [7, 11) is -4.37. The van der Waals surface area contributed by atoms with Gasteiger partial charge >= 0.3 is 5.97 Å². The molecule has 5 aromatic rings. The number of ether oxygens (including phenoxy) is 1. The van der Waals surface area contributed by atoms with E-state index in [1.54, 1.807) is 36.4 Å². The summed E-state index contributed by atoms with van der Waals surface area (Å²) in [5.74, 6) is -0.394. The van der Waals surface area contributed by atoms with Gasteiger partial charge in [0.25, 0.3) is 15.7 Å². The Morgan fingerprint density at radius 3 is 2.33 bits per heavy atom. The third-order valence-electron chi connectivity index (χ3n) is 5.93. The fraction of sp³-hybridized carbons (Fsp3) is 0.0357. The van der Waals surface area contributed by atoms with E-state index in [-0.39, 0.29) is 33.5 Å². The van der Waals surface area contributed by atoms with E-state index in [2.05, 4.69) is 0 Å². The highest BCUT2D eigenvalue weighted by atomic mass is 35.5. The molecule has 0 atom stereocenters. The summed E-state index contributed by atoms with van der Waals surface area (Å²) in [6.07, 6.45) is 0. The smallest absolute Gasteiger partial charge is 0.371 e. The van der Waals surface area contributed by atoms with Crippen LogP contribution in [0.25, 0.3) is 11.0 Å². The second-order valence-corrected chi connectivity index (χ2v) is 10.8. The lowest BCUT2D eigenvalue weighted by Crippen LogP contribution is -2.30. The van der Waals surface area contributed by atoms with Gasteiger partial charge in [0.1, 0.15) is 22.1 Å². The van der Waals surface area contributed by atoms with Crippen molar-refractivity contribution in [3.8, 4) is 11.5 Å². The quantitative estimate of drug-likeness (QED) is 0.147. The van der Waals surface area contributed by atoms with E-state index in [1.165, 1.54) is 30.3 Å². The zero-order valence-corrected chi connectivity index (χ0v) is 22.0. The molecule has 0 aliphatic rings. The van der Waals surface area contributed by atoms with Crippen LogP contribution in [0.2, 0.25) is 5.02 Å². The zero-order chi connectivity index (χ0) is 28.4. The maximum absolute atomic E-state index is 13.9.